The van der Waals surface area contributed by atoms with E-state index in [9.17, 15) is 19.7 Å². The van der Waals surface area contributed by atoms with Gasteiger partial charge in [0, 0.05) is 32.2 Å². The quantitative estimate of drug-likeness (QED) is 0.607. The number of carbonyl (C=O) groups excluding carboxylic acids is 2. The summed E-state index contributed by atoms with van der Waals surface area (Å²) in [5.41, 5.74) is 0.553. The molecule has 10 heteroatoms. The molecule has 1 aromatic heterocycles. The highest BCUT2D eigenvalue weighted by molar-refractivity contribution is 7.22. The van der Waals surface area contributed by atoms with Crippen LogP contribution in [0.3, 0.4) is 0 Å². The number of carbonyl (C=O) groups is 2. The minimum absolute atomic E-state index is 0.0248. The highest BCUT2D eigenvalue weighted by atomic mass is 32.1. The summed E-state index contributed by atoms with van der Waals surface area (Å²) in [6, 6.07) is 4.26. The van der Waals surface area contributed by atoms with Crippen molar-refractivity contribution in [2.24, 2.45) is 5.92 Å². The van der Waals surface area contributed by atoms with Crippen LogP contribution < -0.4 is 5.32 Å². The van der Waals surface area contributed by atoms with Crippen molar-refractivity contribution in [2.45, 2.75) is 19.4 Å². The summed E-state index contributed by atoms with van der Waals surface area (Å²) in [5.74, 6) is -0.809. The van der Waals surface area contributed by atoms with Gasteiger partial charge in [-0.15, -0.1) is 0 Å². The van der Waals surface area contributed by atoms with Crippen LogP contribution in [0.2, 0.25) is 0 Å². The molecule has 1 N–H and O–H groups in total. The van der Waals surface area contributed by atoms with E-state index in [0.29, 0.717) is 28.5 Å². The third kappa shape index (κ3) is 3.65. The predicted octanol–water partition coefficient (Wildman–Crippen LogP) is 2.03. The first kappa shape index (κ1) is 18.2. The zero-order chi connectivity index (χ0) is 18.8. The summed E-state index contributed by atoms with van der Waals surface area (Å²) in [7, 11) is 1.57. The third-order valence-corrected chi connectivity index (χ3v) is 5.22. The van der Waals surface area contributed by atoms with Crippen LogP contribution in [0.25, 0.3) is 10.2 Å². The summed E-state index contributed by atoms with van der Waals surface area (Å²) < 4.78 is 5.68. The Bertz CT molecular complexity index is 867. The highest BCUT2D eigenvalue weighted by Gasteiger charge is 2.36. The maximum absolute atomic E-state index is 12.5. The number of thiazole rings is 1. The Morgan fingerprint density at radius 1 is 1.58 bits per heavy atom. The van der Waals surface area contributed by atoms with E-state index >= 15 is 0 Å². The van der Waals surface area contributed by atoms with Crippen LogP contribution >= 0.6 is 11.3 Å². The Morgan fingerprint density at radius 2 is 2.35 bits per heavy atom. The molecule has 0 unspecified atom stereocenters. The number of non-ortho nitro benzene ring substituents is 1. The first-order valence-corrected chi connectivity index (χ1v) is 8.85. The minimum atomic E-state index is -0.475. The number of hydrogen-bond acceptors (Lipinski definition) is 7. The lowest BCUT2D eigenvalue weighted by Gasteiger charge is -2.23. The second kappa shape index (κ2) is 7.34. The number of ether oxygens (including phenoxy) is 1. The van der Waals surface area contributed by atoms with Crippen LogP contribution in [-0.4, -0.2) is 52.9 Å². The average molecular weight is 378 g/mol. The van der Waals surface area contributed by atoms with Crippen molar-refractivity contribution < 1.29 is 19.2 Å². The van der Waals surface area contributed by atoms with Gasteiger partial charge in [0.1, 0.15) is 0 Å². The van der Waals surface area contributed by atoms with Gasteiger partial charge in [0.05, 0.1) is 33.7 Å². The van der Waals surface area contributed by atoms with E-state index in [1.54, 1.807) is 18.1 Å². The Labute approximate surface area is 153 Å². The number of nitrogens with zero attached hydrogens (tertiary/aromatic N) is 3. The maximum Gasteiger partial charge on any atom is 0.270 e. The molecule has 9 nitrogen and oxygen atoms in total. The number of hydrogen-bond donors (Lipinski definition) is 1. The van der Waals surface area contributed by atoms with Gasteiger partial charge in [-0.05, 0) is 13.0 Å². The molecule has 0 radical (unpaired) electrons. The molecule has 1 fully saturated rings. The van der Waals surface area contributed by atoms with Crippen LogP contribution in [0.1, 0.15) is 13.3 Å². The molecule has 138 valence electrons. The fourth-order valence-corrected chi connectivity index (χ4v) is 3.85. The van der Waals surface area contributed by atoms with Crippen LogP contribution in [-0.2, 0) is 14.3 Å². The number of aromatic nitrogens is 1. The number of methoxy groups -OCH3 is 1. The number of rotatable bonds is 6. The number of amides is 2. The van der Waals surface area contributed by atoms with E-state index in [1.807, 2.05) is 6.92 Å². The zero-order valence-corrected chi connectivity index (χ0v) is 15.1. The molecule has 1 aliphatic rings. The lowest BCUT2D eigenvalue weighted by molar-refractivity contribution is -0.384. The molecule has 1 aliphatic heterocycles. The minimum Gasteiger partial charge on any atom is -0.383 e. The SMILES string of the molecule is COC[C@@H](C)N1C[C@@H](C(=O)Nc2nc3ccc([N+](=O)[O-])cc3s2)CC1=O. The van der Waals surface area contributed by atoms with Gasteiger partial charge < -0.3 is 15.0 Å². The van der Waals surface area contributed by atoms with Crippen LogP contribution in [0.15, 0.2) is 18.2 Å². The topological polar surface area (TPSA) is 115 Å². The standard InChI is InChI=1S/C16H18N4O5S/c1-9(8-25-2)19-7-10(5-14(19)21)15(22)18-16-17-12-4-3-11(20(23)24)6-13(12)26-16/h3-4,6,9-10H,5,7-8H2,1-2H3,(H,17,18,22)/t9-,10+/m1/s1. The van der Waals surface area contributed by atoms with Gasteiger partial charge in [-0.25, -0.2) is 4.98 Å². The molecule has 1 aromatic carbocycles. The zero-order valence-electron chi connectivity index (χ0n) is 14.3. The summed E-state index contributed by atoms with van der Waals surface area (Å²) >= 11 is 1.17. The van der Waals surface area contributed by atoms with E-state index in [4.69, 9.17) is 4.74 Å². The molecule has 2 atom stereocenters. The number of fused-ring (bicyclic) bond motifs is 1. The van der Waals surface area contributed by atoms with E-state index < -0.39 is 10.8 Å². The van der Waals surface area contributed by atoms with Crippen molar-refractivity contribution in [3.8, 4) is 0 Å². The van der Waals surface area contributed by atoms with Crippen molar-refractivity contribution in [2.75, 3.05) is 25.6 Å². The van der Waals surface area contributed by atoms with Crippen molar-refractivity contribution in [3.63, 3.8) is 0 Å². The Balaban J connectivity index is 1.69. The second-order valence-corrected chi connectivity index (χ2v) is 7.20. The van der Waals surface area contributed by atoms with Crippen molar-refractivity contribution in [3.05, 3.63) is 28.3 Å². The van der Waals surface area contributed by atoms with Crippen molar-refractivity contribution in [1.29, 1.82) is 0 Å². The fraction of sp³-hybridized carbons (Fsp3) is 0.438. The number of nitro benzene ring substituents is 1. The van der Waals surface area contributed by atoms with Gasteiger partial charge in [0.25, 0.3) is 5.69 Å². The number of benzene rings is 1. The molecule has 3 rings (SSSR count). The summed E-state index contributed by atoms with van der Waals surface area (Å²) in [4.78, 5) is 40.9. The molecule has 2 amide bonds. The Kier molecular flexibility index (Phi) is 5.14. The molecule has 0 saturated carbocycles. The number of nitrogens with one attached hydrogen (secondary N) is 1. The third-order valence-electron chi connectivity index (χ3n) is 4.28. The lowest BCUT2D eigenvalue weighted by atomic mass is 10.1. The molecule has 0 spiro atoms. The molecule has 1 saturated heterocycles. The summed E-state index contributed by atoms with van der Waals surface area (Å²) in [5, 5.41) is 13.9. The maximum atomic E-state index is 12.5. The highest BCUT2D eigenvalue weighted by Crippen LogP contribution is 2.30. The van der Waals surface area contributed by atoms with Gasteiger partial charge in [0.2, 0.25) is 11.8 Å². The molecule has 0 bridgehead atoms. The molecule has 26 heavy (non-hydrogen) atoms. The predicted molar refractivity (Wildman–Crippen MR) is 96.1 cm³/mol. The Hall–Kier alpha value is -2.59. The fourth-order valence-electron chi connectivity index (χ4n) is 2.95. The van der Waals surface area contributed by atoms with E-state index in [1.165, 1.54) is 23.5 Å². The van der Waals surface area contributed by atoms with Gasteiger partial charge in [-0.2, -0.15) is 0 Å². The first-order valence-electron chi connectivity index (χ1n) is 8.03. The number of anilines is 1. The smallest absolute Gasteiger partial charge is 0.270 e. The van der Waals surface area contributed by atoms with Crippen molar-refractivity contribution >= 4 is 44.2 Å². The average Bonchev–Trinajstić information content (AvgIpc) is 3.17. The van der Waals surface area contributed by atoms with Gasteiger partial charge in [-0.1, -0.05) is 11.3 Å². The van der Waals surface area contributed by atoms with Crippen LogP contribution in [0.5, 0.6) is 0 Å². The van der Waals surface area contributed by atoms with Gasteiger partial charge in [-0.3, -0.25) is 19.7 Å². The summed E-state index contributed by atoms with van der Waals surface area (Å²) in [6.07, 6.45) is 0.149. The van der Waals surface area contributed by atoms with Gasteiger partial charge >= 0.3 is 0 Å². The largest absolute Gasteiger partial charge is 0.383 e. The van der Waals surface area contributed by atoms with Crippen LogP contribution in [0, 0.1) is 16.0 Å². The first-order chi connectivity index (χ1) is 12.4. The van der Waals surface area contributed by atoms with E-state index in [0.717, 1.165) is 0 Å². The monoisotopic (exact) mass is 378 g/mol. The molecule has 2 heterocycles. The normalized spacial score (nSPS) is 18.3. The molecular formula is C16H18N4O5S. The molecular weight excluding hydrogens is 360 g/mol. The lowest BCUT2D eigenvalue weighted by Crippen LogP contribution is -2.38. The molecule has 0 aliphatic carbocycles. The van der Waals surface area contributed by atoms with Crippen LogP contribution in [0.4, 0.5) is 10.8 Å². The van der Waals surface area contributed by atoms with E-state index in [2.05, 4.69) is 10.3 Å². The number of likely N-dealkylation sites (tertiary alicyclic amines) is 1. The van der Waals surface area contributed by atoms with E-state index in [-0.39, 0.29) is 30.0 Å². The van der Waals surface area contributed by atoms with Crippen molar-refractivity contribution in [1.82, 2.24) is 9.88 Å². The molecule has 2 aromatic rings. The second-order valence-electron chi connectivity index (χ2n) is 6.17. The summed E-state index contributed by atoms with van der Waals surface area (Å²) in [6.45, 7) is 2.63. The van der Waals surface area contributed by atoms with Gasteiger partial charge in [0.15, 0.2) is 5.13 Å². The Morgan fingerprint density at radius 3 is 3.04 bits per heavy atom. The number of nitro groups is 1.